The van der Waals surface area contributed by atoms with Crippen LogP contribution in [0.25, 0.3) is 0 Å². The van der Waals surface area contributed by atoms with Gasteiger partial charge < -0.3 is 4.74 Å². The molecule has 0 saturated heterocycles. The zero-order chi connectivity index (χ0) is 10.6. The van der Waals surface area contributed by atoms with E-state index < -0.39 is 0 Å². The van der Waals surface area contributed by atoms with E-state index in [-0.39, 0.29) is 11.1 Å². The fourth-order valence-corrected chi connectivity index (χ4v) is 1.25. The second-order valence-corrected chi connectivity index (χ2v) is 3.13. The van der Waals surface area contributed by atoms with Gasteiger partial charge in [0, 0.05) is 12.6 Å². The predicted molar refractivity (Wildman–Crippen MR) is 54.6 cm³/mol. The number of hydrogen-bond donors (Lipinski definition) is 0. The van der Waals surface area contributed by atoms with Crippen LogP contribution in [-0.2, 0) is 11.2 Å². The number of aromatic nitrogens is 1. The van der Waals surface area contributed by atoms with Crippen LogP contribution in [0.3, 0.4) is 0 Å². The number of pyridine rings is 1. The van der Waals surface area contributed by atoms with Crippen molar-refractivity contribution in [3.8, 4) is 5.75 Å². The summed E-state index contributed by atoms with van der Waals surface area (Å²) >= 11 is 5.82. The van der Waals surface area contributed by atoms with Crippen molar-refractivity contribution in [2.75, 3.05) is 0 Å². The summed E-state index contributed by atoms with van der Waals surface area (Å²) in [4.78, 5) is 15.0. The quantitative estimate of drug-likeness (QED) is 0.572. The highest BCUT2D eigenvalue weighted by Gasteiger charge is 2.11. The van der Waals surface area contributed by atoms with Gasteiger partial charge in [-0.15, -0.1) is 0 Å². The highest BCUT2D eigenvalue weighted by atomic mass is 35.5. The summed E-state index contributed by atoms with van der Waals surface area (Å²) in [6.45, 7) is 3.70. The normalized spacial score (nSPS) is 9.93. The van der Waals surface area contributed by atoms with Crippen molar-refractivity contribution < 1.29 is 9.53 Å². The molecule has 0 atom stereocenters. The molecule has 0 radical (unpaired) electrons. The molecule has 14 heavy (non-hydrogen) atoms. The number of carbonyl (C=O) groups is 1. The fraction of sp³-hybridized carbons (Fsp3) is 0.400. The number of esters is 1. The summed E-state index contributed by atoms with van der Waals surface area (Å²) in [5.41, 5.74) is 0.895. The van der Waals surface area contributed by atoms with E-state index in [4.69, 9.17) is 16.3 Å². The van der Waals surface area contributed by atoms with Crippen LogP contribution < -0.4 is 4.74 Å². The Morgan fingerprint density at radius 3 is 2.86 bits per heavy atom. The molecule has 1 aromatic rings. The Hall–Kier alpha value is -1.09. The van der Waals surface area contributed by atoms with Gasteiger partial charge in [0.15, 0.2) is 10.9 Å². The van der Waals surface area contributed by atoms with E-state index in [9.17, 15) is 4.79 Å². The third-order valence-electron chi connectivity index (χ3n) is 1.83. The van der Waals surface area contributed by atoms with Gasteiger partial charge in [0.25, 0.3) is 0 Å². The van der Waals surface area contributed by atoms with Crippen LogP contribution in [0.15, 0.2) is 12.3 Å². The van der Waals surface area contributed by atoms with E-state index in [1.807, 2.05) is 6.92 Å². The first-order chi connectivity index (χ1) is 6.69. The van der Waals surface area contributed by atoms with Crippen LogP contribution in [0, 0.1) is 0 Å². The summed E-state index contributed by atoms with van der Waals surface area (Å²) in [6, 6.07) is 1.80. The van der Waals surface area contributed by atoms with Gasteiger partial charge >= 0.3 is 5.97 Å². The Balaban J connectivity index is 2.98. The smallest absolute Gasteiger partial charge is 0.311 e. The predicted octanol–water partition coefficient (Wildman–Crippen LogP) is 2.61. The first-order valence-corrected chi connectivity index (χ1v) is 4.90. The average Bonchev–Trinajstić information content (AvgIpc) is 2.20. The maximum absolute atomic E-state index is 11.1. The van der Waals surface area contributed by atoms with Gasteiger partial charge in [0.1, 0.15) is 0 Å². The lowest BCUT2D eigenvalue weighted by Gasteiger charge is -2.08. The Morgan fingerprint density at radius 1 is 1.57 bits per heavy atom. The average molecular weight is 214 g/mol. The van der Waals surface area contributed by atoms with E-state index >= 15 is 0 Å². The Labute approximate surface area is 88.1 Å². The van der Waals surface area contributed by atoms with Crippen molar-refractivity contribution in [3.05, 3.63) is 23.0 Å². The highest BCUT2D eigenvalue weighted by Crippen LogP contribution is 2.26. The lowest BCUT2D eigenvalue weighted by atomic mass is 10.2. The van der Waals surface area contributed by atoms with Crippen LogP contribution >= 0.6 is 11.6 Å². The third-order valence-corrected chi connectivity index (χ3v) is 2.10. The van der Waals surface area contributed by atoms with Gasteiger partial charge in [-0.1, -0.05) is 25.4 Å². The lowest BCUT2D eigenvalue weighted by molar-refractivity contribution is -0.134. The Kier molecular flexibility index (Phi) is 3.89. The molecule has 0 aliphatic heterocycles. The van der Waals surface area contributed by atoms with E-state index in [1.165, 1.54) is 0 Å². The number of hydrogen-bond acceptors (Lipinski definition) is 3. The largest absolute Gasteiger partial charge is 0.423 e. The number of rotatable bonds is 3. The van der Waals surface area contributed by atoms with Crippen LogP contribution in [-0.4, -0.2) is 11.0 Å². The molecular formula is C10H12ClNO2. The molecule has 0 aromatic carbocycles. The van der Waals surface area contributed by atoms with Crippen molar-refractivity contribution in [2.24, 2.45) is 0 Å². The molecule has 0 saturated carbocycles. The minimum Gasteiger partial charge on any atom is -0.423 e. The zero-order valence-electron chi connectivity index (χ0n) is 8.21. The van der Waals surface area contributed by atoms with Crippen molar-refractivity contribution in [1.82, 2.24) is 4.98 Å². The molecule has 0 aliphatic carbocycles. The molecule has 1 rings (SSSR count). The molecule has 0 N–H and O–H groups in total. The molecule has 0 unspecified atom stereocenters. The second kappa shape index (κ2) is 4.96. The molecule has 76 valence electrons. The molecule has 0 amide bonds. The maximum Gasteiger partial charge on any atom is 0.311 e. The summed E-state index contributed by atoms with van der Waals surface area (Å²) in [6.07, 6.45) is 2.69. The van der Waals surface area contributed by atoms with Gasteiger partial charge in [-0.2, -0.15) is 0 Å². The molecular weight excluding hydrogens is 202 g/mol. The van der Waals surface area contributed by atoms with E-state index in [2.05, 4.69) is 4.98 Å². The van der Waals surface area contributed by atoms with Crippen molar-refractivity contribution in [1.29, 1.82) is 0 Å². The molecule has 4 heteroatoms. The summed E-state index contributed by atoms with van der Waals surface area (Å²) in [7, 11) is 0. The molecule has 0 spiro atoms. The Bertz CT molecular complexity index is 339. The number of halogens is 1. The number of carbonyl (C=O) groups excluding carboxylic acids is 1. The molecule has 1 aromatic heterocycles. The second-order valence-electron chi connectivity index (χ2n) is 2.77. The van der Waals surface area contributed by atoms with Crippen molar-refractivity contribution >= 4 is 17.6 Å². The standard InChI is InChI=1S/C10H12ClNO2/c1-3-7-5-6-12-10(11)9(7)14-8(13)4-2/h5-6H,3-4H2,1-2H3. The van der Waals surface area contributed by atoms with Crippen molar-refractivity contribution in [3.63, 3.8) is 0 Å². The van der Waals surface area contributed by atoms with Crippen LogP contribution in [0.2, 0.25) is 5.15 Å². The van der Waals surface area contributed by atoms with Gasteiger partial charge in [-0.25, -0.2) is 4.98 Å². The van der Waals surface area contributed by atoms with E-state index in [0.29, 0.717) is 12.2 Å². The van der Waals surface area contributed by atoms with Crippen molar-refractivity contribution in [2.45, 2.75) is 26.7 Å². The van der Waals surface area contributed by atoms with Gasteiger partial charge in [0.05, 0.1) is 0 Å². The summed E-state index contributed by atoms with van der Waals surface area (Å²) in [5, 5.41) is 0.242. The summed E-state index contributed by atoms with van der Waals surface area (Å²) < 4.78 is 5.08. The lowest BCUT2D eigenvalue weighted by Crippen LogP contribution is -2.08. The van der Waals surface area contributed by atoms with Crippen LogP contribution in [0.5, 0.6) is 5.75 Å². The third kappa shape index (κ3) is 2.45. The molecule has 0 fully saturated rings. The number of nitrogens with zero attached hydrogens (tertiary/aromatic N) is 1. The van der Waals surface area contributed by atoms with Gasteiger partial charge in [-0.3, -0.25) is 4.79 Å². The monoisotopic (exact) mass is 213 g/mol. The zero-order valence-corrected chi connectivity index (χ0v) is 8.97. The SMILES string of the molecule is CCC(=O)Oc1c(CC)ccnc1Cl. The highest BCUT2D eigenvalue weighted by molar-refractivity contribution is 6.31. The van der Waals surface area contributed by atoms with Crippen LogP contribution in [0.4, 0.5) is 0 Å². The minimum atomic E-state index is -0.297. The Morgan fingerprint density at radius 2 is 2.29 bits per heavy atom. The molecule has 0 bridgehead atoms. The first kappa shape index (κ1) is 11.0. The van der Waals surface area contributed by atoms with E-state index in [0.717, 1.165) is 12.0 Å². The topological polar surface area (TPSA) is 39.2 Å². The van der Waals surface area contributed by atoms with E-state index in [1.54, 1.807) is 19.2 Å². The fourth-order valence-electron chi connectivity index (χ4n) is 1.03. The first-order valence-electron chi connectivity index (χ1n) is 4.53. The molecule has 0 aliphatic rings. The summed E-state index contributed by atoms with van der Waals surface area (Å²) in [5.74, 6) is 0.0955. The van der Waals surface area contributed by atoms with Gasteiger partial charge in [-0.05, 0) is 18.1 Å². The maximum atomic E-state index is 11.1. The molecule has 3 nitrogen and oxygen atoms in total. The number of aryl methyl sites for hydroxylation is 1. The molecule has 1 heterocycles. The number of ether oxygens (including phenoxy) is 1. The van der Waals surface area contributed by atoms with Gasteiger partial charge in [0.2, 0.25) is 0 Å². The van der Waals surface area contributed by atoms with Crippen LogP contribution in [0.1, 0.15) is 25.8 Å². The minimum absolute atomic E-state index is 0.242.